The molecule has 3 heterocycles. The predicted molar refractivity (Wildman–Crippen MR) is 130 cm³/mol. The standard InChI is InChI=1S/C25H27F3N6O2/c1-13(16-6-5-7-17(20(16)26)21(27)28)32-22-18-10-19(24(36)33(4)23(18)31-12-30-22)25(14(2)29)8-9-34(11-25)15(3)35/h5-7,10,12-13,21,29H,8-9,11H2,1-4H3,(H,30,31,32)/t13-,25+/m1/s1. The van der Waals surface area contributed by atoms with Gasteiger partial charge in [-0.25, -0.2) is 23.1 Å². The lowest BCUT2D eigenvalue weighted by molar-refractivity contribution is -0.127. The minimum atomic E-state index is -2.95. The summed E-state index contributed by atoms with van der Waals surface area (Å²) in [7, 11) is 1.56. The molecule has 0 saturated carbocycles. The Morgan fingerprint density at radius 2 is 1.92 bits per heavy atom. The topological polar surface area (TPSA) is 104 Å². The number of alkyl halides is 2. The van der Waals surface area contributed by atoms with Crippen LogP contribution in [0.15, 0.2) is 35.4 Å². The van der Waals surface area contributed by atoms with Crippen molar-refractivity contribution in [2.24, 2.45) is 7.05 Å². The molecule has 0 spiro atoms. The maximum atomic E-state index is 14.8. The molecule has 190 valence electrons. The Labute approximate surface area is 205 Å². The van der Waals surface area contributed by atoms with Crippen LogP contribution in [-0.4, -0.2) is 44.1 Å². The Balaban J connectivity index is 1.84. The van der Waals surface area contributed by atoms with Gasteiger partial charge in [0.25, 0.3) is 12.0 Å². The third-order valence-electron chi connectivity index (χ3n) is 7.07. The van der Waals surface area contributed by atoms with Gasteiger partial charge in [0, 0.05) is 43.9 Å². The third kappa shape index (κ3) is 4.12. The molecule has 3 aromatic rings. The van der Waals surface area contributed by atoms with Crippen LogP contribution in [0.3, 0.4) is 0 Å². The molecule has 4 rings (SSSR count). The molecule has 1 aromatic carbocycles. The molecule has 1 saturated heterocycles. The van der Waals surface area contributed by atoms with Gasteiger partial charge >= 0.3 is 0 Å². The van der Waals surface area contributed by atoms with E-state index in [1.807, 2.05) is 0 Å². The molecule has 2 N–H and O–H groups in total. The number of likely N-dealkylation sites (tertiary alicyclic amines) is 1. The van der Waals surface area contributed by atoms with E-state index in [9.17, 15) is 22.8 Å². The van der Waals surface area contributed by atoms with Crippen molar-refractivity contribution in [3.63, 3.8) is 0 Å². The number of fused-ring (bicyclic) bond motifs is 1. The number of nitrogens with one attached hydrogen (secondary N) is 2. The van der Waals surface area contributed by atoms with Crippen LogP contribution < -0.4 is 10.9 Å². The summed E-state index contributed by atoms with van der Waals surface area (Å²) in [5.74, 6) is -0.846. The van der Waals surface area contributed by atoms with Gasteiger partial charge in [0.15, 0.2) is 0 Å². The monoisotopic (exact) mass is 500 g/mol. The van der Waals surface area contributed by atoms with Crippen molar-refractivity contribution >= 4 is 28.5 Å². The second kappa shape index (κ2) is 9.36. The van der Waals surface area contributed by atoms with Gasteiger partial charge in [-0.05, 0) is 26.3 Å². The summed E-state index contributed by atoms with van der Waals surface area (Å²) in [4.78, 5) is 35.6. The molecule has 36 heavy (non-hydrogen) atoms. The van der Waals surface area contributed by atoms with E-state index in [-0.39, 0.29) is 35.1 Å². The minimum absolute atomic E-state index is 0.0457. The van der Waals surface area contributed by atoms with Crippen molar-refractivity contribution in [3.05, 3.63) is 63.5 Å². The summed E-state index contributed by atoms with van der Waals surface area (Å²) in [5.41, 5.74) is -1.03. The number of nitrogens with zero attached hydrogens (tertiary/aromatic N) is 4. The zero-order chi connectivity index (χ0) is 26.4. The number of carbonyl (C=O) groups excluding carboxylic acids is 1. The zero-order valence-corrected chi connectivity index (χ0v) is 20.4. The van der Waals surface area contributed by atoms with Gasteiger partial charge in [0.05, 0.1) is 22.4 Å². The molecule has 1 amide bonds. The average molecular weight is 501 g/mol. The molecule has 2 aromatic heterocycles. The van der Waals surface area contributed by atoms with Gasteiger partial charge in [0.2, 0.25) is 5.91 Å². The number of carbonyl (C=O) groups is 1. The zero-order valence-electron chi connectivity index (χ0n) is 20.4. The lowest BCUT2D eigenvalue weighted by Gasteiger charge is -2.29. The molecule has 1 aliphatic heterocycles. The summed E-state index contributed by atoms with van der Waals surface area (Å²) in [6.45, 7) is 5.31. The molecule has 2 atom stereocenters. The molecule has 0 aliphatic carbocycles. The quantitative estimate of drug-likeness (QED) is 0.496. The first-order chi connectivity index (χ1) is 17.0. The summed E-state index contributed by atoms with van der Waals surface area (Å²) >= 11 is 0. The molecule has 0 bridgehead atoms. The number of aryl methyl sites for hydroxylation is 1. The molecule has 11 heteroatoms. The second-order valence-electron chi connectivity index (χ2n) is 9.20. The average Bonchev–Trinajstić information content (AvgIpc) is 3.28. The fourth-order valence-electron chi connectivity index (χ4n) is 4.89. The maximum absolute atomic E-state index is 14.8. The van der Waals surface area contributed by atoms with Crippen LogP contribution in [0.25, 0.3) is 11.0 Å². The van der Waals surface area contributed by atoms with Crippen LogP contribution in [0.2, 0.25) is 0 Å². The van der Waals surface area contributed by atoms with E-state index in [2.05, 4.69) is 15.3 Å². The van der Waals surface area contributed by atoms with Crippen molar-refractivity contribution in [1.82, 2.24) is 19.4 Å². The Morgan fingerprint density at radius 3 is 2.53 bits per heavy atom. The highest BCUT2D eigenvalue weighted by Gasteiger charge is 2.44. The van der Waals surface area contributed by atoms with Gasteiger partial charge in [0.1, 0.15) is 23.6 Å². The first-order valence-electron chi connectivity index (χ1n) is 11.5. The van der Waals surface area contributed by atoms with E-state index in [1.54, 1.807) is 31.9 Å². The number of anilines is 1. The highest BCUT2D eigenvalue weighted by atomic mass is 19.3. The van der Waals surface area contributed by atoms with Crippen molar-refractivity contribution < 1.29 is 18.0 Å². The van der Waals surface area contributed by atoms with E-state index in [0.29, 0.717) is 29.6 Å². The molecular weight excluding hydrogens is 473 g/mol. The van der Waals surface area contributed by atoms with Crippen molar-refractivity contribution in [2.75, 3.05) is 18.4 Å². The first kappa shape index (κ1) is 25.3. The van der Waals surface area contributed by atoms with Crippen molar-refractivity contribution in [1.29, 1.82) is 5.41 Å². The van der Waals surface area contributed by atoms with E-state index in [0.717, 1.165) is 6.07 Å². The van der Waals surface area contributed by atoms with Gasteiger partial charge < -0.3 is 15.6 Å². The van der Waals surface area contributed by atoms with Crippen LogP contribution in [0.5, 0.6) is 0 Å². The fraction of sp³-hybridized carbons (Fsp3) is 0.400. The van der Waals surface area contributed by atoms with Gasteiger partial charge in [-0.1, -0.05) is 18.2 Å². The highest BCUT2D eigenvalue weighted by molar-refractivity contribution is 5.94. The molecular formula is C25H27F3N6O2. The number of benzene rings is 1. The van der Waals surface area contributed by atoms with Gasteiger partial charge in [-0.3, -0.25) is 14.2 Å². The van der Waals surface area contributed by atoms with Gasteiger partial charge in [-0.2, -0.15) is 0 Å². The van der Waals surface area contributed by atoms with E-state index >= 15 is 0 Å². The van der Waals surface area contributed by atoms with Crippen molar-refractivity contribution in [2.45, 2.75) is 45.1 Å². The largest absolute Gasteiger partial charge is 0.363 e. The van der Waals surface area contributed by atoms with Crippen molar-refractivity contribution in [3.8, 4) is 0 Å². The highest BCUT2D eigenvalue weighted by Crippen LogP contribution is 2.36. The smallest absolute Gasteiger partial charge is 0.266 e. The third-order valence-corrected chi connectivity index (χ3v) is 7.07. The molecule has 1 aliphatic rings. The number of aromatic nitrogens is 3. The van der Waals surface area contributed by atoms with E-state index in [1.165, 1.54) is 30.0 Å². The van der Waals surface area contributed by atoms with Crippen LogP contribution >= 0.6 is 0 Å². The Kier molecular flexibility index (Phi) is 6.59. The SMILES string of the molecule is CC(=N)[C@]1(c2cc3c(N[C@H](C)c4cccc(C(F)F)c4F)ncnc3n(C)c2=O)CCN(C(C)=O)C1. The van der Waals surface area contributed by atoms with Crippen LogP contribution in [0, 0.1) is 11.2 Å². The first-order valence-corrected chi connectivity index (χ1v) is 11.5. The van der Waals surface area contributed by atoms with Crippen LogP contribution in [0.1, 0.15) is 56.3 Å². The number of amides is 1. The number of pyridine rings is 1. The summed E-state index contributed by atoms with van der Waals surface area (Å²) in [6, 6.07) is 4.73. The number of hydrogen-bond donors (Lipinski definition) is 2. The number of rotatable bonds is 6. The van der Waals surface area contributed by atoms with E-state index < -0.39 is 29.3 Å². The summed E-state index contributed by atoms with van der Waals surface area (Å²) in [5, 5.41) is 12.0. The fourth-order valence-corrected chi connectivity index (χ4v) is 4.89. The second-order valence-corrected chi connectivity index (χ2v) is 9.20. The normalized spacial score (nSPS) is 18.6. The molecule has 8 nitrogen and oxygen atoms in total. The van der Waals surface area contributed by atoms with E-state index in [4.69, 9.17) is 5.41 Å². The predicted octanol–water partition coefficient (Wildman–Crippen LogP) is 4.11. The maximum Gasteiger partial charge on any atom is 0.266 e. The number of hydrogen-bond acceptors (Lipinski definition) is 6. The Hall–Kier alpha value is -3.76. The molecule has 0 radical (unpaired) electrons. The Bertz CT molecular complexity index is 1420. The lowest BCUT2D eigenvalue weighted by atomic mass is 9.76. The van der Waals surface area contributed by atoms with Gasteiger partial charge in [-0.15, -0.1) is 0 Å². The molecule has 1 fully saturated rings. The Morgan fingerprint density at radius 1 is 1.22 bits per heavy atom. The summed E-state index contributed by atoms with van der Waals surface area (Å²) in [6.07, 6.45) is -1.27. The molecule has 0 unspecified atom stereocenters. The number of halogens is 3. The lowest BCUT2D eigenvalue weighted by Crippen LogP contribution is -2.43. The van der Waals surface area contributed by atoms with Crippen LogP contribution in [-0.2, 0) is 17.3 Å². The minimum Gasteiger partial charge on any atom is -0.363 e. The van der Waals surface area contributed by atoms with Crippen LogP contribution in [0.4, 0.5) is 19.0 Å². The summed E-state index contributed by atoms with van der Waals surface area (Å²) < 4.78 is 42.5.